The minimum Gasteiger partial charge on any atom is -0.395 e. The second-order valence-electron chi connectivity index (χ2n) is 9.52. The van der Waals surface area contributed by atoms with Crippen molar-refractivity contribution in [1.29, 1.82) is 0 Å². The van der Waals surface area contributed by atoms with E-state index >= 15 is 0 Å². The molecule has 3 aromatic rings. The molecule has 4 heterocycles. The first-order valence-corrected chi connectivity index (χ1v) is 11.7. The number of ether oxygens (including phenoxy) is 1. The van der Waals surface area contributed by atoms with Crippen LogP contribution in [0.2, 0.25) is 0 Å². The molecule has 162 valence electrons. The summed E-state index contributed by atoms with van der Waals surface area (Å²) in [4.78, 5) is 8.55. The van der Waals surface area contributed by atoms with Crippen LogP contribution < -0.4 is 0 Å². The number of benzene rings is 2. The van der Waals surface area contributed by atoms with E-state index in [2.05, 4.69) is 63.3 Å². The number of hydrogen-bond donors (Lipinski definition) is 2. The quantitative estimate of drug-likeness (QED) is 0.641. The van der Waals surface area contributed by atoms with Crippen molar-refractivity contribution < 1.29 is 9.84 Å². The first kappa shape index (κ1) is 19.5. The lowest BCUT2D eigenvalue weighted by molar-refractivity contribution is 0.0273. The van der Waals surface area contributed by atoms with E-state index in [0.717, 1.165) is 39.2 Å². The maximum absolute atomic E-state index is 9.60. The van der Waals surface area contributed by atoms with Gasteiger partial charge in [0.05, 0.1) is 19.3 Å². The molecule has 31 heavy (non-hydrogen) atoms. The molecular formula is C26H31N3O2. The minimum atomic E-state index is 0.257. The Morgan fingerprint density at radius 2 is 1.97 bits per heavy atom. The van der Waals surface area contributed by atoms with Gasteiger partial charge in [0.25, 0.3) is 0 Å². The molecule has 1 aromatic heterocycles. The maximum Gasteiger partial charge on any atom is 0.0718 e. The molecule has 0 spiro atoms. The summed E-state index contributed by atoms with van der Waals surface area (Å²) in [7, 11) is 0. The second-order valence-corrected chi connectivity index (χ2v) is 9.52. The number of aromatic amines is 1. The molecule has 0 aliphatic carbocycles. The summed E-state index contributed by atoms with van der Waals surface area (Å²) in [5.41, 5.74) is 6.34. The van der Waals surface area contributed by atoms with E-state index in [1.54, 1.807) is 0 Å². The molecule has 3 saturated heterocycles. The zero-order valence-electron chi connectivity index (χ0n) is 18.0. The van der Waals surface area contributed by atoms with Crippen LogP contribution in [0.4, 0.5) is 0 Å². The number of likely N-dealkylation sites (tertiary alicyclic amines) is 2. The minimum absolute atomic E-state index is 0.257. The predicted molar refractivity (Wildman–Crippen MR) is 123 cm³/mol. The fourth-order valence-electron chi connectivity index (χ4n) is 5.74. The zero-order valence-corrected chi connectivity index (χ0v) is 18.0. The third kappa shape index (κ3) is 3.80. The van der Waals surface area contributed by atoms with Crippen molar-refractivity contribution in [2.75, 3.05) is 26.3 Å². The van der Waals surface area contributed by atoms with Crippen LogP contribution >= 0.6 is 0 Å². The van der Waals surface area contributed by atoms with Crippen molar-refractivity contribution >= 4 is 10.9 Å². The number of aromatic nitrogens is 1. The number of hydrogen-bond acceptors (Lipinski definition) is 4. The Kier molecular flexibility index (Phi) is 5.07. The third-order valence-corrected chi connectivity index (χ3v) is 7.42. The average molecular weight is 418 g/mol. The smallest absolute Gasteiger partial charge is 0.0718 e. The van der Waals surface area contributed by atoms with E-state index in [9.17, 15) is 5.11 Å². The van der Waals surface area contributed by atoms with Crippen LogP contribution in [0.15, 0.2) is 48.5 Å². The summed E-state index contributed by atoms with van der Waals surface area (Å²) < 4.78 is 5.75. The van der Waals surface area contributed by atoms with Crippen molar-refractivity contribution in [2.45, 2.75) is 50.5 Å². The van der Waals surface area contributed by atoms with Gasteiger partial charge in [-0.15, -0.1) is 0 Å². The van der Waals surface area contributed by atoms with Gasteiger partial charge in [0.2, 0.25) is 0 Å². The highest BCUT2D eigenvalue weighted by molar-refractivity contribution is 5.86. The van der Waals surface area contributed by atoms with E-state index in [1.807, 2.05) is 0 Å². The van der Waals surface area contributed by atoms with Crippen LogP contribution in [0.5, 0.6) is 0 Å². The van der Waals surface area contributed by atoms with Crippen molar-refractivity contribution in [3.8, 4) is 11.1 Å². The maximum atomic E-state index is 9.60. The van der Waals surface area contributed by atoms with Crippen LogP contribution in [-0.4, -0.2) is 64.4 Å². The lowest BCUT2D eigenvalue weighted by Crippen LogP contribution is -2.36. The fourth-order valence-corrected chi connectivity index (χ4v) is 5.74. The highest BCUT2D eigenvalue weighted by atomic mass is 16.5. The van der Waals surface area contributed by atoms with Gasteiger partial charge in [-0.2, -0.15) is 0 Å². The molecular weight excluding hydrogens is 386 g/mol. The summed E-state index contributed by atoms with van der Waals surface area (Å²) in [5, 5.41) is 10.9. The molecule has 2 aromatic carbocycles. The third-order valence-electron chi connectivity index (χ3n) is 7.42. The molecule has 0 radical (unpaired) electrons. The molecule has 5 nitrogen and oxygen atoms in total. The van der Waals surface area contributed by atoms with E-state index in [0.29, 0.717) is 18.2 Å². The van der Waals surface area contributed by atoms with Gasteiger partial charge in [0.1, 0.15) is 0 Å². The first-order valence-electron chi connectivity index (χ1n) is 11.7. The Labute approximate surface area is 183 Å². The number of aliphatic hydroxyl groups excluding tert-OH is 1. The molecule has 5 heteroatoms. The number of morpholine rings is 1. The molecule has 2 unspecified atom stereocenters. The summed E-state index contributed by atoms with van der Waals surface area (Å²) >= 11 is 0. The number of rotatable bonds is 6. The number of H-pyrrole nitrogens is 1. The SMILES string of the molecule is OC[C@H]1CCCN1Cc1cc2cc(-c3cccc(CN4CC5CC4CO5)c3)ccc2[nH]1. The number of aliphatic hydroxyl groups is 1. The summed E-state index contributed by atoms with van der Waals surface area (Å²) in [5.74, 6) is 0. The summed E-state index contributed by atoms with van der Waals surface area (Å²) in [6.07, 6.45) is 3.93. The lowest BCUT2D eigenvalue weighted by Gasteiger charge is -2.26. The van der Waals surface area contributed by atoms with Gasteiger partial charge in [-0.05, 0) is 66.8 Å². The normalized spacial score (nSPS) is 26.4. The van der Waals surface area contributed by atoms with Gasteiger partial charge >= 0.3 is 0 Å². The van der Waals surface area contributed by atoms with Gasteiger partial charge in [-0.25, -0.2) is 0 Å². The molecule has 3 atom stereocenters. The van der Waals surface area contributed by atoms with Crippen molar-refractivity contribution in [1.82, 2.24) is 14.8 Å². The standard InChI is InChI=1S/C26H31N3O2/c30-16-23-5-2-8-28(23)14-22-11-21-10-20(6-7-26(21)27-22)19-4-1-3-18(9-19)13-29-15-25-12-24(29)17-31-25/h1,3-4,6-7,9-11,23-25,27,30H,2,5,8,12-17H2/t23-,24?,25?/m1/s1. The van der Waals surface area contributed by atoms with Crippen molar-refractivity contribution in [3.63, 3.8) is 0 Å². The van der Waals surface area contributed by atoms with Gasteiger partial charge < -0.3 is 14.8 Å². The van der Waals surface area contributed by atoms with Crippen molar-refractivity contribution in [3.05, 3.63) is 59.8 Å². The van der Waals surface area contributed by atoms with Crippen LogP contribution in [0.3, 0.4) is 0 Å². The Hall–Kier alpha value is -2.18. The highest BCUT2D eigenvalue weighted by Gasteiger charge is 2.38. The number of fused-ring (bicyclic) bond motifs is 3. The molecule has 3 aliphatic heterocycles. The van der Waals surface area contributed by atoms with Gasteiger partial charge in [-0.1, -0.05) is 24.3 Å². The lowest BCUT2D eigenvalue weighted by atomic mass is 10.0. The largest absolute Gasteiger partial charge is 0.395 e. The molecule has 3 fully saturated rings. The Balaban J connectivity index is 1.21. The van der Waals surface area contributed by atoms with E-state index in [-0.39, 0.29) is 6.61 Å². The van der Waals surface area contributed by atoms with Crippen LogP contribution in [0.1, 0.15) is 30.5 Å². The molecule has 0 saturated carbocycles. The Morgan fingerprint density at radius 1 is 1.03 bits per heavy atom. The second kappa shape index (κ2) is 8.06. The van der Waals surface area contributed by atoms with Crippen molar-refractivity contribution in [2.24, 2.45) is 0 Å². The molecule has 6 rings (SSSR count). The number of nitrogens with one attached hydrogen (secondary N) is 1. The molecule has 2 bridgehead atoms. The Bertz CT molecular complexity index is 1080. The fraction of sp³-hybridized carbons (Fsp3) is 0.462. The molecule has 2 N–H and O–H groups in total. The van der Waals surface area contributed by atoms with E-state index in [1.165, 1.54) is 46.1 Å². The van der Waals surface area contributed by atoms with Gasteiger partial charge in [0, 0.05) is 48.3 Å². The predicted octanol–water partition coefficient (Wildman–Crippen LogP) is 3.76. The zero-order chi connectivity index (χ0) is 20.8. The van der Waals surface area contributed by atoms with Crippen LogP contribution in [-0.2, 0) is 17.8 Å². The topological polar surface area (TPSA) is 51.7 Å². The number of nitrogens with zero attached hydrogens (tertiary/aromatic N) is 2. The van der Waals surface area contributed by atoms with Gasteiger partial charge in [0.15, 0.2) is 0 Å². The average Bonchev–Trinajstić information content (AvgIpc) is 3.57. The molecule has 3 aliphatic rings. The molecule has 0 amide bonds. The van der Waals surface area contributed by atoms with Crippen LogP contribution in [0.25, 0.3) is 22.0 Å². The first-order chi connectivity index (χ1) is 15.2. The highest BCUT2D eigenvalue weighted by Crippen LogP contribution is 2.31. The van der Waals surface area contributed by atoms with Gasteiger partial charge in [-0.3, -0.25) is 9.80 Å². The summed E-state index contributed by atoms with van der Waals surface area (Å²) in [6, 6.07) is 18.9. The van der Waals surface area contributed by atoms with E-state index in [4.69, 9.17) is 4.74 Å². The Morgan fingerprint density at radius 3 is 2.81 bits per heavy atom. The summed E-state index contributed by atoms with van der Waals surface area (Å²) in [6.45, 7) is 5.19. The monoisotopic (exact) mass is 417 g/mol. The van der Waals surface area contributed by atoms with Crippen LogP contribution in [0, 0.1) is 0 Å². The van der Waals surface area contributed by atoms with E-state index < -0.39 is 0 Å².